The molecule has 3 rings (SSSR count). The second-order valence-corrected chi connectivity index (χ2v) is 6.97. The Hall–Kier alpha value is -2.63. The van der Waals surface area contributed by atoms with E-state index in [1.807, 2.05) is 41.2 Å². The standard InChI is InChI=1S/C20H26N4O2/c1-3-16-7-4-5-8-18(16)24-14-17(11-19(24)25)20(26)21-12-15(2)13-23-10-6-9-22-23/h4-10,15,17H,3,11-14H2,1-2H3,(H,21,26)/t15-,17-/m0/s1. The number of anilines is 1. The van der Waals surface area contributed by atoms with Crippen molar-refractivity contribution in [2.75, 3.05) is 18.0 Å². The van der Waals surface area contributed by atoms with Crippen LogP contribution in [0.15, 0.2) is 42.7 Å². The molecule has 1 aromatic heterocycles. The van der Waals surface area contributed by atoms with Gasteiger partial charge in [0.15, 0.2) is 0 Å². The van der Waals surface area contributed by atoms with Crippen LogP contribution in [0.5, 0.6) is 0 Å². The summed E-state index contributed by atoms with van der Waals surface area (Å²) in [5.41, 5.74) is 2.07. The second kappa shape index (κ2) is 8.17. The number of carbonyl (C=O) groups excluding carboxylic acids is 2. The molecule has 2 aromatic rings. The number of hydrogen-bond donors (Lipinski definition) is 1. The van der Waals surface area contributed by atoms with Crippen molar-refractivity contribution in [1.82, 2.24) is 15.1 Å². The SMILES string of the molecule is CCc1ccccc1N1C[C@@H](C(=O)NC[C@H](C)Cn2cccn2)CC1=O. The Bertz CT molecular complexity index is 757. The average molecular weight is 354 g/mol. The number of rotatable bonds is 7. The monoisotopic (exact) mass is 354 g/mol. The van der Waals surface area contributed by atoms with E-state index in [1.165, 1.54) is 0 Å². The van der Waals surface area contributed by atoms with Gasteiger partial charge in [-0.3, -0.25) is 14.3 Å². The van der Waals surface area contributed by atoms with Gasteiger partial charge in [-0.25, -0.2) is 0 Å². The summed E-state index contributed by atoms with van der Waals surface area (Å²) in [5.74, 6) is -0.0324. The van der Waals surface area contributed by atoms with Crippen LogP contribution < -0.4 is 10.2 Å². The number of hydrogen-bond acceptors (Lipinski definition) is 3. The maximum absolute atomic E-state index is 12.5. The molecule has 1 saturated heterocycles. The Balaban J connectivity index is 1.55. The van der Waals surface area contributed by atoms with Crippen molar-refractivity contribution in [2.24, 2.45) is 11.8 Å². The van der Waals surface area contributed by atoms with Crippen molar-refractivity contribution in [3.05, 3.63) is 48.3 Å². The van der Waals surface area contributed by atoms with Gasteiger partial charge in [-0.15, -0.1) is 0 Å². The highest BCUT2D eigenvalue weighted by Crippen LogP contribution is 2.28. The van der Waals surface area contributed by atoms with Gasteiger partial charge in [0.25, 0.3) is 0 Å². The van der Waals surface area contributed by atoms with Gasteiger partial charge in [-0.2, -0.15) is 5.10 Å². The largest absolute Gasteiger partial charge is 0.355 e. The molecular weight excluding hydrogens is 328 g/mol. The summed E-state index contributed by atoms with van der Waals surface area (Å²) >= 11 is 0. The number of carbonyl (C=O) groups is 2. The van der Waals surface area contributed by atoms with Gasteiger partial charge in [-0.1, -0.05) is 32.0 Å². The third-order valence-corrected chi connectivity index (χ3v) is 4.84. The summed E-state index contributed by atoms with van der Waals surface area (Å²) in [5, 5.41) is 7.18. The van der Waals surface area contributed by atoms with Gasteiger partial charge in [0.05, 0.1) is 5.92 Å². The van der Waals surface area contributed by atoms with Crippen molar-refractivity contribution < 1.29 is 9.59 Å². The Kier molecular flexibility index (Phi) is 5.71. The second-order valence-electron chi connectivity index (χ2n) is 6.97. The number of benzene rings is 1. The zero-order chi connectivity index (χ0) is 18.5. The van der Waals surface area contributed by atoms with Gasteiger partial charge < -0.3 is 10.2 Å². The molecule has 2 atom stereocenters. The summed E-state index contributed by atoms with van der Waals surface area (Å²) in [6.07, 6.45) is 4.80. The van der Waals surface area contributed by atoms with Crippen LogP contribution in [0, 0.1) is 11.8 Å². The molecule has 138 valence electrons. The van der Waals surface area contributed by atoms with Crippen LogP contribution in [0.3, 0.4) is 0 Å². The third kappa shape index (κ3) is 4.12. The Morgan fingerprint density at radius 2 is 2.15 bits per heavy atom. The Labute approximate surface area is 154 Å². The van der Waals surface area contributed by atoms with Crippen molar-refractivity contribution >= 4 is 17.5 Å². The van der Waals surface area contributed by atoms with Gasteiger partial charge in [-0.05, 0) is 30.0 Å². The minimum atomic E-state index is -0.288. The first-order chi connectivity index (χ1) is 12.6. The molecule has 0 radical (unpaired) electrons. The molecule has 0 unspecified atom stereocenters. The highest BCUT2D eigenvalue weighted by atomic mass is 16.2. The number of nitrogens with one attached hydrogen (secondary N) is 1. The van der Waals surface area contributed by atoms with Crippen LogP contribution in [0.25, 0.3) is 0 Å². The third-order valence-electron chi connectivity index (χ3n) is 4.84. The maximum Gasteiger partial charge on any atom is 0.227 e. The zero-order valence-corrected chi connectivity index (χ0v) is 15.4. The van der Waals surface area contributed by atoms with Gasteiger partial charge >= 0.3 is 0 Å². The minimum absolute atomic E-state index is 0.0237. The van der Waals surface area contributed by atoms with Crippen LogP contribution in [-0.4, -0.2) is 34.7 Å². The first-order valence-corrected chi connectivity index (χ1v) is 9.22. The van der Waals surface area contributed by atoms with E-state index in [4.69, 9.17) is 0 Å². The first kappa shape index (κ1) is 18.2. The Morgan fingerprint density at radius 3 is 2.88 bits per heavy atom. The fraction of sp³-hybridized carbons (Fsp3) is 0.450. The minimum Gasteiger partial charge on any atom is -0.355 e. The fourth-order valence-corrected chi connectivity index (χ4v) is 3.40. The normalized spacial score (nSPS) is 18.2. The number of amides is 2. The molecule has 26 heavy (non-hydrogen) atoms. The molecule has 0 spiro atoms. The Morgan fingerprint density at radius 1 is 1.35 bits per heavy atom. The lowest BCUT2D eigenvalue weighted by atomic mass is 10.1. The maximum atomic E-state index is 12.5. The number of nitrogens with zero attached hydrogens (tertiary/aromatic N) is 3. The molecule has 2 amide bonds. The van der Waals surface area contributed by atoms with Crippen molar-refractivity contribution in [1.29, 1.82) is 0 Å². The van der Waals surface area contributed by atoms with Crippen molar-refractivity contribution in [3.63, 3.8) is 0 Å². The van der Waals surface area contributed by atoms with E-state index in [2.05, 4.69) is 24.3 Å². The van der Waals surface area contributed by atoms with E-state index in [0.29, 0.717) is 13.1 Å². The smallest absolute Gasteiger partial charge is 0.227 e. The zero-order valence-electron chi connectivity index (χ0n) is 15.4. The van der Waals surface area contributed by atoms with E-state index in [0.717, 1.165) is 24.2 Å². The topological polar surface area (TPSA) is 67.2 Å². The lowest BCUT2D eigenvalue weighted by Gasteiger charge is -2.20. The molecule has 1 aliphatic rings. The molecule has 2 heterocycles. The highest BCUT2D eigenvalue weighted by molar-refractivity contribution is 6.00. The summed E-state index contributed by atoms with van der Waals surface area (Å²) in [4.78, 5) is 26.7. The molecule has 1 aliphatic heterocycles. The van der Waals surface area contributed by atoms with Gasteiger partial charge in [0.2, 0.25) is 11.8 Å². The predicted molar refractivity (Wildman–Crippen MR) is 101 cm³/mol. The first-order valence-electron chi connectivity index (χ1n) is 9.22. The van der Waals surface area contributed by atoms with Crippen LogP contribution >= 0.6 is 0 Å². The van der Waals surface area contributed by atoms with E-state index in [1.54, 1.807) is 11.1 Å². The van der Waals surface area contributed by atoms with Crippen LogP contribution in [-0.2, 0) is 22.6 Å². The lowest BCUT2D eigenvalue weighted by Crippen LogP contribution is -2.36. The summed E-state index contributed by atoms with van der Waals surface area (Å²) < 4.78 is 1.86. The molecule has 1 aromatic carbocycles. The molecule has 0 aliphatic carbocycles. The summed E-state index contributed by atoms with van der Waals surface area (Å²) in [6.45, 7) is 5.94. The van der Waals surface area contributed by atoms with Crippen LogP contribution in [0.2, 0.25) is 0 Å². The molecule has 1 N–H and O–H groups in total. The number of aromatic nitrogens is 2. The van der Waals surface area contributed by atoms with Crippen LogP contribution in [0.4, 0.5) is 5.69 Å². The molecule has 1 fully saturated rings. The predicted octanol–water partition coefficient (Wildman–Crippen LogP) is 2.25. The van der Waals surface area contributed by atoms with E-state index >= 15 is 0 Å². The highest BCUT2D eigenvalue weighted by Gasteiger charge is 2.35. The van der Waals surface area contributed by atoms with Gasteiger partial charge in [0.1, 0.15) is 0 Å². The van der Waals surface area contributed by atoms with E-state index < -0.39 is 0 Å². The molecule has 6 nitrogen and oxygen atoms in total. The van der Waals surface area contributed by atoms with Crippen molar-refractivity contribution in [3.8, 4) is 0 Å². The molecular formula is C20H26N4O2. The van der Waals surface area contributed by atoms with E-state index in [9.17, 15) is 9.59 Å². The van der Waals surface area contributed by atoms with E-state index in [-0.39, 0.29) is 30.1 Å². The molecule has 6 heteroatoms. The summed E-state index contributed by atoms with van der Waals surface area (Å²) in [6, 6.07) is 9.80. The van der Waals surface area contributed by atoms with Crippen LogP contribution in [0.1, 0.15) is 25.8 Å². The summed E-state index contributed by atoms with van der Waals surface area (Å²) in [7, 11) is 0. The average Bonchev–Trinajstić information content (AvgIpc) is 3.29. The fourth-order valence-electron chi connectivity index (χ4n) is 3.40. The molecule has 0 saturated carbocycles. The van der Waals surface area contributed by atoms with Crippen molar-refractivity contribution in [2.45, 2.75) is 33.2 Å². The lowest BCUT2D eigenvalue weighted by molar-refractivity contribution is -0.126. The molecule has 0 bridgehead atoms. The quantitative estimate of drug-likeness (QED) is 0.829. The van der Waals surface area contributed by atoms with Gasteiger partial charge in [0, 0.05) is 44.1 Å². The number of para-hydroxylation sites is 1. The number of aryl methyl sites for hydroxylation is 1.